The van der Waals surface area contributed by atoms with E-state index in [0.29, 0.717) is 17.9 Å². The monoisotopic (exact) mass is 293 g/mol. The molecule has 3 amide bonds. The number of hydrogen-bond donors (Lipinski definition) is 2. The summed E-state index contributed by atoms with van der Waals surface area (Å²) in [5, 5.41) is 6.63. The van der Waals surface area contributed by atoms with Crippen LogP contribution in [0.5, 0.6) is 0 Å². The summed E-state index contributed by atoms with van der Waals surface area (Å²) in [4.78, 5) is 26.0. The number of halogens is 1. The van der Waals surface area contributed by atoms with Crippen LogP contribution >= 0.6 is 11.6 Å². The van der Waals surface area contributed by atoms with E-state index in [1.165, 1.54) is 4.90 Å². The van der Waals surface area contributed by atoms with Crippen LogP contribution in [0.3, 0.4) is 0 Å². The molecule has 106 valence electrons. The van der Waals surface area contributed by atoms with E-state index in [0.717, 1.165) is 18.7 Å². The Morgan fingerprint density at radius 1 is 1.20 bits per heavy atom. The van der Waals surface area contributed by atoms with Crippen molar-refractivity contribution in [2.75, 3.05) is 13.1 Å². The highest BCUT2D eigenvalue weighted by Crippen LogP contribution is 2.29. The van der Waals surface area contributed by atoms with Crippen LogP contribution < -0.4 is 10.6 Å². The lowest BCUT2D eigenvalue weighted by Crippen LogP contribution is -2.53. The lowest BCUT2D eigenvalue weighted by molar-refractivity contribution is -0.132. The normalized spacial score (nSPS) is 21.4. The Hall–Kier alpha value is -1.59. The van der Waals surface area contributed by atoms with Gasteiger partial charge in [-0.05, 0) is 37.6 Å². The summed E-state index contributed by atoms with van der Waals surface area (Å²) in [6.45, 7) is 1.71. The van der Waals surface area contributed by atoms with Crippen LogP contribution in [-0.4, -0.2) is 35.5 Å². The Kier molecular flexibility index (Phi) is 3.40. The van der Waals surface area contributed by atoms with Gasteiger partial charge in [0.05, 0.1) is 6.54 Å². The molecule has 2 fully saturated rings. The Morgan fingerprint density at radius 2 is 1.90 bits per heavy atom. The molecule has 6 heteroatoms. The van der Waals surface area contributed by atoms with Gasteiger partial charge in [-0.15, -0.1) is 0 Å². The van der Waals surface area contributed by atoms with Gasteiger partial charge in [0.1, 0.15) is 5.54 Å². The molecule has 0 atom stereocenters. The first-order chi connectivity index (χ1) is 9.62. The fraction of sp³-hybridized carbons (Fsp3) is 0.429. The van der Waals surface area contributed by atoms with E-state index >= 15 is 0 Å². The molecule has 2 saturated heterocycles. The summed E-state index contributed by atoms with van der Waals surface area (Å²) in [5.41, 5.74) is 0.0625. The van der Waals surface area contributed by atoms with Gasteiger partial charge in [-0.25, -0.2) is 4.79 Å². The second-order valence-electron chi connectivity index (χ2n) is 5.24. The van der Waals surface area contributed by atoms with E-state index in [-0.39, 0.29) is 18.5 Å². The molecule has 2 aliphatic heterocycles. The fourth-order valence-corrected chi connectivity index (χ4v) is 3.00. The van der Waals surface area contributed by atoms with Gasteiger partial charge in [0.2, 0.25) is 0 Å². The number of urea groups is 1. The zero-order valence-electron chi connectivity index (χ0n) is 11.0. The van der Waals surface area contributed by atoms with Crippen molar-refractivity contribution in [1.29, 1.82) is 0 Å². The van der Waals surface area contributed by atoms with Gasteiger partial charge in [-0.3, -0.25) is 9.69 Å². The Balaban J connectivity index is 1.82. The van der Waals surface area contributed by atoms with Gasteiger partial charge < -0.3 is 10.6 Å². The second-order valence-corrected chi connectivity index (χ2v) is 5.65. The summed E-state index contributed by atoms with van der Waals surface area (Å²) in [6.07, 6.45) is 1.27. The summed E-state index contributed by atoms with van der Waals surface area (Å²) in [5.74, 6) is -0.135. The van der Waals surface area contributed by atoms with Gasteiger partial charge in [0.25, 0.3) is 5.91 Å². The van der Waals surface area contributed by atoms with Crippen molar-refractivity contribution < 1.29 is 9.59 Å². The van der Waals surface area contributed by atoms with Crippen molar-refractivity contribution in [3.05, 3.63) is 34.9 Å². The van der Waals surface area contributed by atoms with Gasteiger partial charge >= 0.3 is 6.03 Å². The van der Waals surface area contributed by atoms with Gasteiger partial charge in [0.15, 0.2) is 0 Å². The molecule has 1 aromatic carbocycles. The largest absolute Gasteiger partial charge is 0.325 e. The second kappa shape index (κ2) is 5.07. The van der Waals surface area contributed by atoms with Crippen molar-refractivity contribution in [1.82, 2.24) is 15.5 Å². The molecule has 5 nitrogen and oxygen atoms in total. The first kappa shape index (κ1) is 13.4. The molecular formula is C14H16ClN3O2. The van der Waals surface area contributed by atoms with E-state index in [9.17, 15) is 9.59 Å². The molecular weight excluding hydrogens is 278 g/mol. The smallest absolute Gasteiger partial charge is 0.323 e. The van der Waals surface area contributed by atoms with Crippen LogP contribution in [-0.2, 0) is 11.3 Å². The predicted molar refractivity (Wildman–Crippen MR) is 75.4 cm³/mol. The minimum Gasteiger partial charge on any atom is -0.323 e. The van der Waals surface area contributed by atoms with Crippen LogP contribution in [0.25, 0.3) is 0 Å². The number of amides is 3. The van der Waals surface area contributed by atoms with E-state index in [1.807, 2.05) is 18.2 Å². The SMILES string of the molecule is O=C1NC2(CCNCC2)C(=O)N1Cc1ccccc1Cl. The van der Waals surface area contributed by atoms with Crippen molar-refractivity contribution in [3.63, 3.8) is 0 Å². The first-order valence-corrected chi connectivity index (χ1v) is 7.08. The maximum absolute atomic E-state index is 12.6. The summed E-state index contributed by atoms with van der Waals surface area (Å²) in [7, 11) is 0. The molecule has 0 aliphatic carbocycles. The molecule has 0 aromatic heterocycles. The van der Waals surface area contributed by atoms with Crippen LogP contribution in [0.2, 0.25) is 5.02 Å². The minimum absolute atomic E-state index is 0.135. The number of carbonyl (C=O) groups is 2. The predicted octanol–water partition coefficient (Wildman–Crippen LogP) is 1.51. The van der Waals surface area contributed by atoms with Gasteiger partial charge in [-0.2, -0.15) is 0 Å². The molecule has 3 rings (SSSR count). The molecule has 0 saturated carbocycles. The van der Waals surface area contributed by atoms with Crippen molar-refractivity contribution >= 4 is 23.5 Å². The number of piperidine rings is 1. The number of hydrogen-bond acceptors (Lipinski definition) is 3. The third kappa shape index (κ3) is 2.17. The topological polar surface area (TPSA) is 61.4 Å². The van der Waals surface area contributed by atoms with Crippen LogP contribution in [0.4, 0.5) is 4.79 Å². The van der Waals surface area contributed by atoms with Gasteiger partial charge in [-0.1, -0.05) is 29.8 Å². The van der Waals surface area contributed by atoms with E-state index in [2.05, 4.69) is 10.6 Å². The highest BCUT2D eigenvalue weighted by molar-refractivity contribution is 6.31. The maximum atomic E-state index is 12.6. The quantitative estimate of drug-likeness (QED) is 0.813. The first-order valence-electron chi connectivity index (χ1n) is 6.71. The molecule has 0 bridgehead atoms. The van der Waals surface area contributed by atoms with Gasteiger partial charge in [0, 0.05) is 5.02 Å². The average molecular weight is 294 g/mol. The standard InChI is InChI=1S/C14H16ClN3O2/c15-11-4-2-1-3-10(11)9-18-12(19)14(17-13(18)20)5-7-16-8-6-14/h1-4,16H,5-9H2,(H,17,20). The van der Waals surface area contributed by atoms with Crippen molar-refractivity contribution in [2.45, 2.75) is 24.9 Å². The number of carbonyl (C=O) groups excluding carboxylic acids is 2. The Morgan fingerprint density at radius 3 is 2.60 bits per heavy atom. The van der Waals surface area contributed by atoms with E-state index < -0.39 is 5.54 Å². The summed E-state index contributed by atoms with van der Waals surface area (Å²) >= 11 is 6.10. The summed E-state index contributed by atoms with van der Waals surface area (Å²) in [6, 6.07) is 6.94. The van der Waals surface area contributed by atoms with Crippen LogP contribution in [0.1, 0.15) is 18.4 Å². The van der Waals surface area contributed by atoms with Crippen molar-refractivity contribution in [2.24, 2.45) is 0 Å². The number of imide groups is 1. The lowest BCUT2D eigenvalue weighted by Gasteiger charge is -2.31. The molecule has 20 heavy (non-hydrogen) atoms. The van der Waals surface area contributed by atoms with E-state index in [1.54, 1.807) is 6.07 Å². The molecule has 2 N–H and O–H groups in total. The molecule has 1 spiro atoms. The van der Waals surface area contributed by atoms with Crippen LogP contribution in [0, 0.1) is 0 Å². The number of nitrogens with zero attached hydrogens (tertiary/aromatic N) is 1. The minimum atomic E-state index is -0.719. The zero-order chi connectivity index (χ0) is 14.2. The Bertz CT molecular complexity index is 555. The van der Waals surface area contributed by atoms with E-state index in [4.69, 9.17) is 11.6 Å². The molecule has 0 unspecified atom stereocenters. The molecule has 2 aliphatic rings. The summed E-state index contributed by atoms with van der Waals surface area (Å²) < 4.78 is 0. The third-order valence-electron chi connectivity index (χ3n) is 3.99. The highest BCUT2D eigenvalue weighted by Gasteiger charge is 2.51. The number of benzene rings is 1. The fourth-order valence-electron chi connectivity index (χ4n) is 2.81. The maximum Gasteiger partial charge on any atom is 0.325 e. The molecule has 0 radical (unpaired) electrons. The third-order valence-corrected chi connectivity index (χ3v) is 4.36. The van der Waals surface area contributed by atoms with Crippen molar-refractivity contribution in [3.8, 4) is 0 Å². The zero-order valence-corrected chi connectivity index (χ0v) is 11.7. The average Bonchev–Trinajstić information content (AvgIpc) is 2.66. The molecule has 1 aromatic rings. The Labute approximate surface area is 122 Å². The highest BCUT2D eigenvalue weighted by atomic mass is 35.5. The number of nitrogens with one attached hydrogen (secondary N) is 2. The molecule has 2 heterocycles. The number of rotatable bonds is 2. The van der Waals surface area contributed by atoms with Crippen LogP contribution in [0.15, 0.2) is 24.3 Å². The lowest BCUT2D eigenvalue weighted by atomic mass is 9.88.